The molecule has 5 nitrogen and oxygen atoms in total. The van der Waals surface area contributed by atoms with Crippen LogP contribution < -0.4 is 10.7 Å². The number of rotatable bonds is 4. The number of benzene rings is 2. The van der Waals surface area contributed by atoms with Gasteiger partial charge in [0, 0.05) is 5.69 Å². The van der Waals surface area contributed by atoms with Crippen molar-refractivity contribution in [1.29, 1.82) is 0 Å². The Balaban J connectivity index is 1.95. The Morgan fingerprint density at radius 2 is 2.00 bits per heavy atom. The fourth-order valence-corrected chi connectivity index (χ4v) is 1.95. The van der Waals surface area contributed by atoms with E-state index in [9.17, 15) is 4.79 Å². The normalized spacial score (nSPS) is 10.4. The van der Waals surface area contributed by atoms with Gasteiger partial charge in [-0.15, -0.1) is 0 Å². The van der Waals surface area contributed by atoms with E-state index < -0.39 is 5.97 Å². The van der Waals surface area contributed by atoms with Crippen LogP contribution in [0.25, 0.3) is 0 Å². The topological polar surface area (TPSA) is 73.7 Å². The zero-order valence-electron chi connectivity index (χ0n) is 11.9. The smallest absolute Gasteiger partial charge is 0.335 e. The van der Waals surface area contributed by atoms with Crippen LogP contribution in [0.2, 0.25) is 0 Å². The van der Waals surface area contributed by atoms with E-state index in [1.165, 1.54) is 12.1 Å². The summed E-state index contributed by atoms with van der Waals surface area (Å²) in [4.78, 5) is 10.9. The van der Waals surface area contributed by atoms with Gasteiger partial charge < -0.3 is 10.4 Å². The lowest BCUT2D eigenvalue weighted by molar-refractivity contribution is 0.0697. The molecule has 0 atom stereocenters. The first-order valence-corrected chi connectivity index (χ1v) is 6.96. The number of thiocarbonyl (C=S) groups is 1. The lowest BCUT2D eigenvalue weighted by Crippen LogP contribution is -2.24. The van der Waals surface area contributed by atoms with Crippen LogP contribution in [0, 0.1) is 6.92 Å². The van der Waals surface area contributed by atoms with E-state index in [0.29, 0.717) is 5.69 Å². The minimum atomic E-state index is -0.986. The van der Waals surface area contributed by atoms with Gasteiger partial charge in [-0.1, -0.05) is 30.3 Å². The van der Waals surface area contributed by atoms with E-state index in [1.54, 1.807) is 18.3 Å². The molecule has 0 amide bonds. The summed E-state index contributed by atoms with van der Waals surface area (Å²) in [5.41, 5.74) is 5.58. The SMILES string of the molecule is Cc1ccccc1/C=N/NC(=S)Nc1cccc(C(=O)O)c1. The Labute approximate surface area is 133 Å². The molecule has 0 radical (unpaired) electrons. The Kier molecular flexibility index (Phi) is 5.21. The fraction of sp³-hybridized carbons (Fsp3) is 0.0625. The van der Waals surface area contributed by atoms with Crippen LogP contribution in [-0.4, -0.2) is 22.4 Å². The molecule has 2 aromatic carbocycles. The molecule has 0 saturated heterocycles. The lowest BCUT2D eigenvalue weighted by atomic mass is 10.1. The van der Waals surface area contributed by atoms with E-state index in [-0.39, 0.29) is 10.7 Å². The molecule has 0 aliphatic rings. The highest BCUT2D eigenvalue weighted by molar-refractivity contribution is 7.80. The summed E-state index contributed by atoms with van der Waals surface area (Å²) >= 11 is 5.11. The monoisotopic (exact) mass is 313 g/mol. The number of anilines is 1. The Hall–Kier alpha value is -2.73. The standard InChI is InChI=1S/C16H15N3O2S/c1-11-5-2-3-6-13(11)10-17-19-16(22)18-14-8-4-7-12(9-14)15(20)21/h2-10H,1H3,(H,20,21)(H2,18,19,22)/b17-10+. The van der Waals surface area contributed by atoms with E-state index in [0.717, 1.165) is 11.1 Å². The predicted octanol–water partition coefficient (Wildman–Crippen LogP) is 3.01. The summed E-state index contributed by atoms with van der Waals surface area (Å²) in [6.07, 6.45) is 1.68. The molecule has 2 aromatic rings. The van der Waals surface area contributed by atoms with Crippen LogP contribution >= 0.6 is 12.2 Å². The Morgan fingerprint density at radius 3 is 2.73 bits per heavy atom. The number of nitrogens with zero attached hydrogens (tertiary/aromatic N) is 1. The van der Waals surface area contributed by atoms with Crippen LogP contribution in [0.5, 0.6) is 0 Å². The van der Waals surface area contributed by atoms with Crippen LogP contribution in [0.15, 0.2) is 53.6 Å². The molecule has 0 aliphatic heterocycles. The van der Waals surface area contributed by atoms with Gasteiger partial charge in [0.15, 0.2) is 5.11 Å². The highest BCUT2D eigenvalue weighted by Gasteiger charge is 2.03. The Morgan fingerprint density at radius 1 is 1.23 bits per heavy atom. The minimum Gasteiger partial charge on any atom is -0.478 e. The highest BCUT2D eigenvalue weighted by atomic mass is 32.1. The molecule has 2 rings (SSSR count). The second-order valence-electron chi connectivity index (χ2n) is 4.57. The Bertz CT molecular complexity index is 729. The van der Waals surface area contributed by atoms with Crippen molar-refractivity contribution in [2.75, 3.05) is 5.32 Å². The van der Waals surface area contributed by atoms with Crippen molar-refractivity contribution >= 4 is 35.2 Å². The van der Waals surface area contributed by atoms with Crippen molar-refractivity contribution in [2.45, 2.75) is 6.92 Å². The molecule has 0 bridgehead atoms. The van der Waals surface area contributed by atoms with Crippen molar-refractivity contribution < 1.29 is 9.90 Å². The molecule has 6 heteroatoms. The zero-order chi connectivity index (χ0) is 15.9. The van der Waals surface area contributed by atoms with Gasteiger partial charge in [-0.25, -0.2) is 4.79 Å². The van der Waals surface area contributed by atoms with Gasteiger partial charge in [-0.2, -0.15) is 5.10 Å². The first-order valence-electron chi connectivity index (χ1n) is 6.55. The summed E-state index contributed by atoms with van der Waals surface area (Å²) in [6, 6.07) is 14.2. The molecule has 0 saturated carbocycles. The molecular weight excluding hydrogens is 298 g/mol. The van der Waals surface area contributed by atoms with Crippen molar-refractivity contribution in [3.63, 3.8) is 0 Å². The number of hydrogen-bond donors (Lipinski definition) is 3. The first kappa shape index (κ1) is 15.7. The van der Waals surface area contributed by atoms with Gasteiger partial charge in [0.1, 0.15) is 0 Å². The number of carboxylic acids is 1. The number of hydrazone groups is 1. The molecule has 112 valence electrons. The molecule has 0 fully saturated rings. The van der Waals surface area contributed by atoms with E-state index in [1.807, 2.05) is 31.2 Å². The predicted molar refractivity (Wildman–Crippen MR) is 91.5 cm³/mol. The summed E-state index contributed by atoms with van der Waals surface area (Å²) in [7, 11) is 0. The third kappa shape index (κ3) is 4.39. The van der Waals surface area contributed by atoms with Gasteiger partial charge in [-0.05, 0) is 48.5 Å². The highest BCUT2D eigenvalue weighted by Crippen LogP contribution is 2.10. The minimum absolute atomic E-state index is 0.191. The number of hydrogen-bond acceptors (Lipinski definition) is 3. The summed E-state index contributed by atoms with van der Waals surface area (Å²) in [5, 5.41) is 16.2. The first-order chi connectivity index (χ1) is 10.6. The average Bonchev–Trinajstić information content (AvgIpc) is 2.49. The molecule has 3 N–H and O–H groups in total. The van der Waals surface area contributed by atoms with Gasteiger partial charge in [-0.3, -0.25) is 5.43 Å². The van der Waals surface area contributed by atoms with Crippen LogP contribution in [0.3, 0.4) is 0 Å². The van der Waals surface area contributed by atoms with Crippen LogP contribution in [0.1, 0.15) is 21.5 Å². The van der Waals surface area contributed by atoms with Gasteiger partial charge in [0.25, 0.3) is 0 Å². The van der Waals surface area contributed by atoms with Crippen molar-refractivity contribution in [2.24, 2.45) is 5.10 Å². The number of carbonyl (C=O) groups is 1. The van der Waals surface area contributed by atoms with Gasteiger partial charge >= 0.3 is 5.97 Å². The number of aryl methyl sites for hydroxylation is 1. The number of carboxylic acid groups (broad SMARTS) is 1. The molecule has 0 heterocycles. The van der Waals surface area contributed by atoms with E-state index in [2.05, 4.69) is 15.8 Å². The van der Waals surface area contributed by atoms with Gasteiger partial charge in [0.05, 0.1) is 11.8 Å². The maximum atomic E-state index is 10.9. The molecular formula is C16H15N3O2S. The largest absolute Gasteiger partial charge is 0.478 e. The van der Waals surface area contributed by atoms with Crippen LogP contribution in [-0.2, 0) is 0 Å². The maximum absolute atomic E-state index is 10.9. The van der Waals surface area contributed by atoms with Crippen molar-refractivity contribution in [3.05, 3.63) is 65.2 Å². The molecule has 0 aromatic heterocycles. The summed E-state index contributed by atoms with van der Waals surface area (Å²) < 4.78 is 0. The van der Waals surface area contributed by atoms with E-state index in [4.69, 9.17) is 17.3 Å². The molecule has 0 aliphatic carbocycles. The van der Waals surface area contributed by atoms with E-state index >= 15 is 0 Å². The molecule has 0 unspecified atom stereocenters. The third-order valence-electron chi connectivity index (χ3n) is 2.93. The van der Waals surface area contributed by atoms with Gasteiger partial charge in [0.2, 0.25) is 0 Å². The summed E-state index contributed by atoms with van der Waals surface area (Å²) in [6.45, 7) is 2.00. The van der Waals surface area contributed by atoms with Crippen LogP contribution in [0.4, 0.5) is 5.69 Å². The quantitative estimate of drug-likeness (QED) is 0.460. The maximum Gasteiger partial charge on any atom is 0.335 e. The average molecular weight is 313 g/mol. The second kappa shape index (κ2) is 7.33. The number of aromatic carboxylic acids is 1. The molecule has 0 spiro atoms. The summed E-state index contributed by atoms with van der Waals surface area (Å²) in [5.74, 6) is -0.986. The molecule has 22 heavy (non-hydrogen) atoms. The lowest BCUT2D eigenvalue weighted by Gasteiger charge is -2.07. The van der Waals surface area contributed by atoms with Crippen molar-refractivity contribution in [1.82, 2.24) is 5.43 Å². The second-order valence-corrected chi connectivity index (χ2v) is 4.97. The fourth-order valence-electron chi connectivity index (χ4n) is 1.78. The number of nitrogens with one attached hydrogen (secondary N) is 2. The third-order valence-corrected chi connectivity index (χ3v) is 3.12. The van der Waals surface area contributed by atoms with Crippen molar-refractivity contribution in [3.8, 4) is 0 Å². The zero-order valence-corrected chi connectivity index (χ0v) is 12.7.